The summed E-state index contributed by atoms with van der Waals surface area (Å²) in [6.45, 7) is 5.08. The van der Waals surface area contributed by atoms with Crippen molar-refractivity contribution in [3.8, 4) is 0 Å². The molecule has 27 heavy (non-hydrogen) atoms. The smallest absolute Gasteiger partial charge is 0.270 e. The summed E-state index contributed by atoms with van der Waals surface area (Å²) in [6.07, 6.45) is -0.0336. The van der Waals surface area contributed by atoms with Crippen molar-refractivity contribution in [3.05, 3.63) is 67.7 Å². The van der Waals surface area contributed by atoms with E-state index in [2.05, 4.69) is 0 Å². The summed E-state index contributed by atoms with van der Waals surface area (Å²) in [4.78, 5) is 25.9. The van der Waals surface area contributed by atoms with Crippen LogP contribution in [0.2, 0.25) is 10.0 Å². The van der Waals surface area contributed by atoms with Gasteiger partial charge in [0.1, 0.15) is 0 Å². The molecule has 1 saturated heterocycles. The van der Waals surface area contributed by atoms with Crippen molar-refractivity contribution in [2.24, 2.45) is 0 Å². The number of nitro benzene ring substituents is 1. The minimum absolute atomic E-state index is 0.0168. The molecule has 0 aliphatic carbocycles. The molecule has 2 atom stereocenters. The highest BCUT2D eigenvalue weighted by atomic mass is 35.5. The Labute approximate surface area is 166 Å². The van der Waals surface area contributed by atoms with Gasteiger partial charge >= 0.3 is 0 Å². The second-order valence-corrected chi connectivity index (χ2v) is 7.39. The van der Waals surface area contributed by atoms with Crippen molar-refractivity contribution in [1.82, 2.24) is 0 Å². The van der Waals surface area contributed by atoms with Gasteiger partial charge in [-0.15, -0.1) is 0 Å². The molecule has 0 bridgehead atoms. The van der Waals surface area contributed by atoms with Crippen LogP contribution in [-0.2, 0) is 4.74 Å². The fourth-order valence-corrected chi connectivity index (χ4v) is 3.56. The molecule has 1 aliphatic rings. The molecule has 0 radical (unpaired) electrons. The number of carbonyl (C=O) groups is 1. The van der Waals surface area contributed by atoms with Crippen LogP contribution in [0.25, 0.3) is 0 Å². The van der Waals surface area contributed by atoms with Gasteiger partial charge in [-0.3, -0.25) is 14.9 Å². The number of anilines is 1. The molecule has 8 heteroatoms. The average molecular weight is 409 g/mol. The number of halogens is 2. The molecule has 0 unspecified atom stereocenters. The van der Waals surface area contributed by atoms with Gasteiger partial charge in [-0.05, 0) is 38.1 Å². The van der Waals surface area contributed by atoms with Gasteiger partial charge in [0, 0.05) is 36.5 Å². The molecule has 6 nitrogen and oxygen atoms in total. The number of non-ortho nitro benzene ring substituents is 1. The SMILES string of the molecule is C[C@@H]1CN(c2ccc([N+](=O)[O-])cc2C(=O)c2ccc(Cl)c(Cl)c2)C[C@@H](C)O1. The van der Waals surface area contributed by atoms with E-state index < -0.39 is 4.92 Å². The van der Waals surface area contributed by atoms with Crippen LogP contribution in [0.5, 0.6) is 0 Å². The summed E-state index contributed by atoms with van der Waals surface area (Å²) in [5.74, 6) is -0.348. The lowest BCUT2D eigenvalue weighted by molar-refractivity contribution is -0.384. The summed E-state index contributed by atoms with van der Waals surface area (Å²) in [7, 11) is 0. The molecule has 0 amide bonds. The molecule has 1 fully saturated rings. The lowest BCUT2D eigenvalue weighted by atomic mass is 9.99. The Bertz CT molecular complexity index is 893. The van der Waals surface area contributed by atoms with Gasteiger partial charge in [-0.25, -0.2) is 0 Å². The first-order valence-electron chi connectivity index (χ1n) is 8.45. The normalized spacial score (nSPS) is 19.8. The molecule has 142 valence electrons. The van der Waals surface area contributed by atoms with Crippen molar-refractivity contribution < 1.29 is 14.5 Å². The van der Waals surface area contributed by atoms with Gasteiger partial charge in [0.05, 0.1) is 32.7 Å². The Balaban J connectivity index is 2.07. The first-order valence-corrected chi connectivity index (χ1v) is 9.20. The van der Waals surface area contributed by atoms with E-state index in [1.807, 2.05) is 18.7 Å². The third-order valence-electron chi connectivity index (χ3n) is 4.38. The summed E-state index contributed by atoms with van der Waals surface area (Å²) in [6, 6.07) is 8.90. The Hall–Kier alpha value is -2.15. The Morgan fingerprint density at radius 2 is 1.78 bits per heavy atom. The minimum Gasteiger partial charge on any atom is -0.372 e. The van der Waals surface area contributed by atoms with Crippen molar-refractivity contribution in [2.45, 2.75) is 26.1 Å². The largest absolute Gasteiger partial charge is 0.372 e. The van der Waals surface area contributed by atoms with Crippen LogP contribution in [0, 0.1) is 10.1 Å². The number of morpholine rings is 1. The predicted octanol–water partition coefficient (Wildman–Crippen LogP) is 4.75. The topological polar surface area (TPSA) is 72.7 Å². The lowest BCUT2D eigenvalue weighted by Crippen LogP contribution is -2.46. The van der Waals surface area contributed by atoms with Crippen LogP contribution < -0.4 is 4.90 Å². The van der Waals surface area contributed by atoms with Crippen LogP contribution in [0.3, 0.4) is 0 Å². The van der Waals surface area contributed by atoms with Crippen molar-refractivity contribution in [1.29, 1.82) is 0 Å². The fourth-order valence-electron chi connectivity index (χ4n) is 3.26. The summed E-state index contributed by atoms with van der Waals surface area (Å²) in [5.41, 5.74) is 1.07. The van der Waals surface area contributed by atoms with Crippen LogP contribution in [0.15, 0.2) is 36.4 Å². The molecule has 0 spiro atoms. The molecule has 0 N–H and O–H groups in total. The highest BCUT2D eigenvalue weighted by Gasteiger charge is 2.27. The van der Waals surface area contributed by atoms with E-state index >= 15 is 0 Å². The zero-order chi connectivity index (χ0) is 19.7. The third-order valence-corrected chi connectivity index (χ3v) is 5.12. The quantitative estimate of drug-likeness (QED) is 0.414. The molecular weight excluding hydrogens is 391 g/mol. The molecule has 1 heterocycles. The van der Waals surface area contributed by atoms with E-state index in [1.165, 1.54) is 24.3 Å². The number of rotatable bonds is 4. The number of hydrogen-bond donors (Lipinski definition) is 0. The molecule has 0 aromatic heterocycles. The van der Waals surface area contributed by atoms with Crippen molar-refractivity contribution in [2.75, 3.05) is 18.0 Å². The standard InChI is InChI=1S/C19H18Cl2N2O4/c1-11-9-22(10-12(2)27-11)18-6-4-14(23(25)26)8-15(18)19(24)13-3-5-16(20)17(21)7-13/h3-8,11-12H,9-10H2,1-2H3/t11-,12-/m1/s1. The summed E-state index contributed by atoms with van der Waals surface area (Å²) in [5, 5.41) is 11.8. The average Bonchev–Trinajstić information content (AvgIpc) is 2.62. The highest BCUT2D eigenvalue weighted by molar-refractivity contribution is 6.42. The Morgan fingerprint density at radius 3 is 2.37 bits per heavy atom. The van der Waals surface area contributed by atoms with Crippen LogP contribution >= 0.6 is 23.2 Å². The molecule has 2 aromatic carbocycles. The number of nitrogens with zero attached hydrogens (tertiary/aromatic N) is 2. The second kappa shape index (κ2) is 7.84. The number of nitro groups is 1. The Kier molecular flexibility index (Phi) is 5.69. The predicted molar refractivity (Wildman–Crippen MR) is 105 cm³/mol. The van der Waals surface area contributed by atoms with Gasteiger partial charge < -0.3 is 9.64 Å². The summed E-state index contributed by atoms with van der Waals surface area (Å²) < 4.78 is 5.75. The van der Waals surface area contributed by atoms with Crippen molar-refractivity contribution in [3.63, 3.8) is 0 Å². The minimum atomic E-state index is -0.514. The maximum absolute atomic E-state index is 13.1. The van der Waals surface area contributed by atoms with Crippen LogP contribution in [0.4, 0.5) is 11.4 Å². The number of hydrogen-bond acceptors (Lipinski definition) is 5. The second-order valence-electron chi connectivity index (χ2n) is 6.58. The molecule has 0 saturated carbocycles. The van der Waals surface area contributed by atoms with E-state index in [-0.39, 0.29) is 34.3 Å². The van der Waals surface area contributed by atoms with Gasteiger partial charge in [0.15, 0.2) is 5.78 Å². The Morgan fingerprint density at radius 1 is 1.11 bits per heavy atom. The maximum Gasteiger partial charge on any atom is 0.270 e. The van der Waals surface area contributed by atoms with E-state index in [9.17, 15) is 14.9 Å². The fraction of sp³-hybridized carbons (Fsp3) is 0.316. The number of ether oxygens (including phenoxy) is 1. The van der Waals surface area contributed by atoms with Gasteiger partial charge in [-0.1, -0.05) is 23.2 Å². The first kappa shape index (κ1) is 19.6. The van der Waals surface area contributed by atoms with Gasteiger partial charge in [-0.2, -0.15) is 0 Å². The zero-order valence-corrected chi connectivity index (χ0v) is 16.3. The first-order chi connectivity index (χ1) is 12.8. The molecule has 1 aliphatic heterocycles. The van der Waals surface area contributed by atoms with Gasteiger partial charge in [0.25, 0.3) is 5.69 Å². The lowest BCUT2D eigenvalue weighted by Gasteiger charge is -2.37. The number of carbonyl (C=O) groups excluding carboxylic acids is 1. The number of benzene rings is 2. The van der Waals surface area contributed by atoms with E-state index in [1.54, 1.807) is 12.1 Å². The third kappa shape index (κ3) is 4.24. The van der Waals surface area contributed by atoms with E-state index in [0.29, 0.717) is 29.4 Å². The molecule has 3 rings (SSSR count). The van der Waals surface area contributed by atoms with E-state index in [4.69, 9.17) is 27.9 Å². The molecule has 2 aromatic rings. The van der Waals surface area contributed by atoms with Crippen molar-refractivity contribution >= 4 is 40.4 Å². The number of ketones is 1. The monoisotopic (exact) mass is 408 g/mol. The molecular formula is C19H18Cl2N2O4. The maximum atomic E-state index is 13.1. The van der Waals surface area contributed by atoms with Crippen LogP contribution in [0.1, 0.15) is 29.8 Å². The van der Waals surface area contributed by atoms with Crippen LogP contribution in [-0.4, -0.2) is 36.0 Å². The highest BCUT2D eigenvalue weighted by Crippen LogP contribution is 2.31. The summed E-state index contributed by atoms with van der Waals surface area (Å²) >= 11 is 12.0. The van der Waals surface area contributed by atoms with Gasteiger partial charge in [0.2, 0.25) is 0 Å². The van der Waals surface area contributed by atoms with E-state index in [0.717, 1.165) is 0 Å². The zero-order valence-electron chi connectivity index (χ0n) is 14.8.